The Morgan fingerprint density at radius 3 is 2.54 bits per heavy atom. The number of para-hydroxylation sites is 1. The largest absolute Gasteiger partial charge is 0.334 e. The van der Waals surface area contributed by atoms with E-state index in [1.165, 1.54) is 17.7 Å². The maximum Gasteiger partial charge on any atom is 0.318 e. The lowest BCUT2D eigenvalue weighted by Crippen LogP contribution is -2.41. The zero-order valence-corrected chi connectivity index (χ0v) is 22.0. The third kappa shape index (κ3) is 4.61. The summed E-state index contributed by atoms with van der Waals surface area (Å²) in [5, 5.41) is 8.10. The molecule has 0 saturated carbocycles. The van der Waals surface area contributed by atoms with Crippen molar-refractivity contribution in [2.45, 2.75) is 39.4 Å². The van der Waals surface area contributed by atoms with Crippen molar-refractivity contribution in [3.05, 3.63) is 137 Å². The fraction of sp³-hybridized carbons (Fsp3) is 0.188. The van der Waals surface area contributed by atoms with Crippen molar-refractivity contribution in [1.29, 1.82) is 0 Å². The van der Waals surface area contributed by atoms with Gasteiger partial charge >= 0.3 is 6.03 Å². The number of amides is 2. The van der Waals surface area contributed by atoms with Crippen molar-refractivity contribution < 1.29 is 9.18 Å². The Balaban J connectivity index is 1.49. The summed E-state index contributed by atoms with van der Waals surface area (Å²) in [4.78, 5) is 15.8. The number of carbonyl (C=O) groups is 1. The predicted octanol–water partition coefficient (Wildman–Crippen LogP) is 6.49. The summed E-state index contributed by atoms with van der Waals surface area (Å²) in [6.45, 7) is 4.83. The molecule has 2 amide bonds. The van der Waals surface area contributed by atoms with E-state index >= 15 is 0 Å². The Labute approximate surface area is 227 Å². The van der Waals surface area contributed by atoms with E-state index in [9.17, 15) is 9.18 Å². The van der Waals surface area contributed by atoms with E-state index in [0.717, 1.165) is 34.0 Å². The Morgan fingerprint density at radius 1 is 1.00 bits per heavy atom. The van der Waals surface area contributed by atoms with Gasteiger partial charge in [-0.2, -0.15) is 5.10 Å². The number of aryl methyl sites for hydroxylation is 2. The van der Waals surface area contributed by atoms with E-state index in [2.05, 4.69) is 16.8 Å². The van der Waals surface area contributed by atoms with Gasteiger partial charge in [0.1, 0.15) is 11.6 Å². The zero-order chi connectivity index (χ0) is 26.9. The minimum Gasteiger partial charge on any atom is -0.334 e. The maximum absolute atomic E-state index is 14.5. The highest BCUT2D eigenvalue weighted by Gasteiger charge is 2.36. The van der Waals surface area contributed by atoms with Crippen LogP contribution in [0.1, 0.15) is 46.6 Å². The molecule has 5 aromatic rings. The lowest BCUT2D eigenvalue weighted by molar-refractivity contribution is 0.180. The van der Waals surface area contributed by atoms with Crippen molar-refractivity contribution >= 4 is 6.03 Å². The predicted molar refractivity (Wildman–Crippen MR) is 149 cm³/mol. The summed E-state index contributed by atoms with van der Waals surface area (Å²) in [5.74, 6) is 0.561. The molecule has 3 heterocycles. The summed E-state index contributed by atoms with van der Waals surface area (Å²) < 4.78 is 18.6. The van der Waals surface area contributed by atoms with Crippen molar-refractivity contribution in [2.75, 3.05) is 0 Å². The third-order valence-electron chi connectivity index (χ3n) is 7.29. The second kappa shape index (κ2) is 10.3. The molecule has 6 rings (SSSR count). The van der Waals surface area contributed by atoms with Gasteiger partial charge in [0, 0.05) is 18.3 Å². The highest BCUT2D eigenvalue weighted by atomic mass is 19.1. The van der Waals surface area contributed by atoms with Crippen LogP contribution in [0.2, 0.25) is 0 Å². The van der Waals surface area contributed by atoms with Gasteiger partial charge in [-0.05, 0) is 60.9 Å². The van der Waals surface area contributed by atoms with Crippen LogP contribution in [-0.2, 0) is 19.5 Å². The van der Waals surface area contributed by atoms with Crippen LogP contribution in [-0.4, -0.2) is 25.3 Å². The molecule has 6 nitrogen and oxygen atoms in total. The van der Waals surface area contributed by atoms with E-state index in [1.807, 2.05) is 90.6 Å². The van der Waals surface area contributed by atoms with Gasteiger partial charge < -0.3 is 14.8 Å². The number of hydrogen-bond donors (Lipinski definition) is 1. The molecule has 0 unspecified atom stereocenters. The number of halogens is 1. The number of nitrogens with one attached hydrogen (secondary N) is 1. The summed E-state index contributed by atoms with van der Waals surface area (Å²) in [5.41, 5.74) is 6.59. The standard InChI is InChI=1S/C32H30FN5O/c1-3-28-27-21-37(32(39)34-20-23-16-14-22(2)15-17-23)30(24-9-7-10-25(33)19-24)29-13-8-18-36(29)31(27)38(35-28)26-11-5-4-6-12-26/h4-19,30H,3,20-21H2,1-2H3,(H,34,39)/t30-/m0/s1. The third-order valence-corrected chi connectivity index (χ3v) is 7.29. The monoisotopic (exact) mass is 519 g/mol. The number of aromatic nitrogens is 3. The van der Waals surface area contributed by atoms with Crippen molar-refractivity contribution in [1.82, 2.24) is 24.6 Å². The van der Waals surface area contributed by atoms with Crippen molar-refractivity contribution in [3.63, 3.8) is 0 Å². The van der Waals surface area contributed by atoms with E-state index in [1.54, 1.807) is 11.0 Å². The normalized spacial score (nSPS) is 14.4. The Bertz CT molecular complexity index is 1620. The number of carbonyl (C=O) groups excluding carboxylic acids is 1. The fourth-order valence-corrected chi connectivity index (χ4v) is 5.36. The first-order valence-electron chi connectivity index (χ1n) is 13.2. The molecule has 1 aliphatic heterocycles. The Morgan fingerprint density at radius 2 is 1.79 bits per heavy atom. The molecule has 3 aromatic carbocycles. The summed E-state index contributed by atoms with van der Waals surface area (Å²) in [6.07, 6.45) is 2.71. The first-order chi connectivity index (χ1) is 19.0. The highest BCUT2D eigenvalue weighted by Crippen LogP contribution is 2.38. The quantitative estimate of drug-likeness (QED) is 0.289. The molecule has 0 bridgehead atoms. The first kappa shape index (κ1) is 24.7. The number of urea groups is 1. The molecule has 0 aliphatic carbocycles. The molecule has 0 spiro atoms. The van der Waals surface area contributed by atoms with Gasteiger partial charge in [-0.25, -0.2) is 13.9 Å². The second-order valence-corrected chi connectivity index (χ2v) is 9.88. The van der Waals surface area contributed by atoms with Gasteiger partial charge in [-0.15, -0.1) is 0 Å². The zero-order valence-electron chi connectivity index (χ0n) is 22.0. The molecule has 1 N–H and O–H groups in total. The van der Waals surface area contributed by atoms with Crippen LogP contribution in [0.3, 0.4) is 0 Å². The van der Waals surface area contributed by atoms with E-state index in [-0.39, 0.29) is 11.8 Å². The number of benzene rings is 3. The average molecular weight is 520 g/mol. The maximum atomic E-state index is 14.5. The molecule has 0 fully saturated rings. The molecular formula is C32H30FN5O. The smallest absolute Gasteiger partial charge is 0.318 e. The fourth-order valence-electron chi connectivity index (χ4n) is 5.36. The highest BCUT2D eigenvalue weighted by molar-refractivity contribution is 5.76. The minimum absolute atomic E-state index is 0.222. The van der Waals surface area contributed by atoms with Crippen LogP contribution in [0.5, 0.6) is 0 Å². The molecule has 0 saturated heterocycles. The van der Waals surface area contributed by atoms with Crippen LogP contribution < -0.4 is 5.32 Å². The van der Waals surface area contributed by atoms with Gasteiger partial charge in [0.15, 0.2) is 0 Å². The van der Waals surface area contributed by atoms with Crippen LogP contribution in [0.25, 0.3) is 11.5 Å². The second-order valence-electron chi connectivity index (χ2n) is 9.88. The van der Waals surface area contributed by atoms with Gasteiger partial charge in [-0.1, -0.05) is 67.1 Å². The van der Waals surface area contributed by atoms with Gasteiger partial charge in [0.05, 0.1) is 29.7 Å². The van der Waals surface area contributed by atoms with Crippen molar-refractivity contribution in [2.24, 2.45) is 0 Å². The molecule has 196 valence electrons. The molecule has 39 heavy (non-hydrogen) atoms. The summed E-state index contributed by atoms with van der Waals surface area (Å²) in [7, 11) is 0. The molecule has 0 radical (unpaired) electrons. The lowest BCUT2D eigenvalue weighted by Gasteiger charge is -2.31. The van der Waals surface area contributed by atoms with Gasteiger partial charge in [0.2, 0.25) is 0 Å². The van der Waals surface area contributed by atoms with E-state index < -0.39 is 6.04 Å². The molecule has 2 aromatic heterocycles. The number of rotatable bonds is 5. The molecule has 1 aliphatic rings. The van der Waals surface area contributed by atoms with Crippen LogP contribution in [0.15, 0.2) is 97.2 Å². The Hall–Kier alpha value is -4.65. The SMILES string of the molecule is CCc1nn(-c2ccccc2)c2c1CN(C(=O)NCc1ccc(C)cc1)[C@@H](c1cccc(F)c1)c1cccn1-2. The average Bonchev–Trinajstić information content (AvgIpc) is 3.54. The minimum atomic E-state index is -0.505. The summed E-state index contributed by atoms with van der Waals surface area (Å²) in [6, 6.07) is 27.9. The number of hydrogen-bond acceptors (Lipinski definition) is 2. The number of fused-ring (bicyclic) bond motifs is 3. The molecule has 7 heteroatoms. The van der Waals surface area contributed by atoms with Crippen LogP contribution in [0.4, 0.5) is 9.18 Å². The van der Waals surface area contributed by atoms with Crippen LogP contribution >= 0.6 is 0 Å². The Kier molecular flexibility index (Phi) is 6.49. The molecular weight excluding hydrogens is 489 g/mol. The van der Waals surface area contributed by atoms with Crippen LogP contribution in [0, 0.1) is 12.7 Å². The first-order valence-corrected chi connectivity index (χ1v) is 13.2. The number of nitrogens with zero attached hydrogens (tertiary/aromatic N) is 4. The lowest BCUT2D eigenvalue weighted by atomic mass is 10.0. The van der Waals surface area contributed by atoms with E-state index in [0.29, 0.717) is 25.1 Å². The van der Waals surface area contributed by atoms with Crippen molar-refractivity contribution in [3.8, 4) is 11.5 Å². The van der Waals surface area contributed by atoms with Gasteiger partial charge in [0.25, 0.3) is 0 Å². The van der Waals surface area contributed by atoms with E-state index in [4.69, 9.17) is 5.10 Å². The topological polar surface area (TPSA) is 55.1 Å². The molecule has 1 atom stereocenters. The van der Waals surface area contributed by atoms with Gasteiger partial charge in [-0.3, -0.25) is 0 Å². The summed E-state index contributed by atoms with van der Waals surface area (Å²) >= 11 is 0.